The highest BCUT2D eigenvalue weighted by atomic mass is 16.5. The van der Waals surface area contributed by atoms with Crippen molar-refractivity contribution in [3.63, 3.8) is 0 Å². The fourth-order valence-corrected chi connectivity index (χ4v) is 1.72. The first-order valence-corrected chi connectivity index (χ1v) is 5.96. The highest BCUT2D eigenvalue weighted by Gasteiger charge is 2.07. The molecule has 0 fully saturated rings. The van der Waals surface area contributed by atoms with Gasteiger partial charge in [0.2, 0.25) is 0 Å². The summed E-state index contributed by atoms with van der Waals surface area (Å²) < 4.78 is 10.5. The highest BCUT2D eigenvalue weighted by molar-refractivity contribution is 5.63. The Morgan fingerprint density at radius 1 is 1.26 bits per heavy atom. The lowest BCUT2D eigenvalue weighted by atomic mass is 10.1. The molecule has 1 heterocycles. The number of nitrogens with zero attached hydrogens (tertiary/aromatic N) is 2. The molecule has 1 aromatic heterocycles. The number of nitriles is 1. The smallest absolute Gasteiger partial charge is 0.155 e. The Morgan fingerprint density at radius 2 is 2.00 bits per heavy atom. The first-order chi connectivity index (χ1) is 9.28. The van der Waals surface area contributed by atoms with Gasteiger partial charge in [0, 0.05) is 5.56 Å². The maximum Gasteiger partial charge on any atom is 0.155 e. The molecular weight excluding hydrogens is 240 g/mol. The number of aromatic nitrogens is 1. The average molecular weight is 254 g/mol. The minimum Gasteiger partial charge on any atom is -0.497 e. The van der Waals surface area contributed by atoms with Crippen LogP contribution in [0.15, 0.2) is 36.5 Å². The van der Waals surface area contributed by atoms with E-state index in [2.05, 4.69) is 11.1 Å². The van der Waals surface area contributed by atoms with E-state index in [4.69, 9.17) is 14.7 Å². The van der Waals surface area contributed by atoms with Crippen LogP contribution in [0.2, 0.25) is 0 Å². The van der Waals surface area contributed by atoms with E-state index in [-0.39, 0.29) is 0 Å². The van der Waals surface area contributed by atoms with Crippen molar-refractivity contribution in [1.82, 2.24) is 4.98 Å². The Bertz CT molecular complexity index is 601. The molecule has 0 saturated carbocycles. The van der Waals surface area contributed by atoms with E-state index in [0.29, 0.717) is 17.9 Å². The molecule has 0 aliphatic heterocycles. The molecule has 0 spiro atoms. The topological polar surface area (TPSA) is 55.1 Å². The van der Waals surface area contributed by atoms with Gasteiger partial charge in [0.05, 0.1) is 31.2 Å². The van der Waals surface area contributed by atoms with Crippen LogP contribution < -0.4 is 9.47 Å². The molecule has 0 bridgehead atoms. The number of benzene rings is 1. The van der Waals surface area contributed by atoms with Crippen molar-refractivity contribution >= 4 is 0 Å². The molecule has 2 aromatic rings. The summed E-state index contributed by atoms with van der Waals surface area (Å²) in [5.41, 5.74) is 2.16. The molecule has 1 aromatic carbocycles. The third kappa shape index (κ3) is 2.83. The number of methoxy groups -OCH3 is 1. The van der Waals surface area contributed by atoms with Gasteiger partial charge >= 0.3 is 0 Å². The summed E-state index contributed by atoms with van der Waals surface area (Å²) in [6, 6.07) is 11.4. The zero-order valence-electron chi connectivity index (χ0n) is 10.9. The molecule has 0 radical (unpaired) electrons. The number of hydrogen-bond acceptors (Lipinski definition) is 4. The first kappa shape index (κ1) is 12.9. The van der Waals surface area contributed by atoms with Crippen LogP contribution in [0.25, 0.3) is 11.3 Å². The third-order valence-corrected chi connectivity index (χ3v) is 2.67. The molecule has 2 rings (SSSR count). The van der Waals surface area contributed by atoms with Gasteiger partial charge in [-0.25, -0.2) is 0 Å². The van der Waals surface area contributed by atoms with E-state index in [1.54, 1.807) is 19.4 Å². The lowest BCUT2D eigenvalue weighted by Crippen LogP contribution is -1.96. The molecule has 0 amide bonds. The van der Waals surface area contributed by atoms with E-state index in [0.717, 1.165) is 17.0 Å². The molecule has 4 heteroatoms. The standard InChI is InChI=1S/C15H14N2O2/c1-3-19-15-10-17-14(8-12(15)9-16)11-4-6-13(18-2)7-5-11/h4-8,10H,3H2,1-2H3. The van der Waals surface area contributed by atoms with Gasteiger partial charge in [-0.1, -0.05) is 0 Å². The van der Waals surface area contributed by atoms with E-state index >= 15 is 0 Å². The minimum atomic E-state index is 0.489. The molecule has 0 saturated heterocycles. The first-order valence-electron chi connectivity index (χ1n) is 5.96. The van der Waals surface area contributed by atoms with Crippen LogP contribution in [0.3, 0.4) is 0 Å². The second-order valence-electron chi connectivity index (χ2n) is 3.84. The molecular formula is C15H14N2O2. The van der Waals surface area contributed by atoms with Crippen LogP contribution >= 0.6 is 0 Å². The van der Waals surface area contributed by atoms with Crippen LogP contribution in [0.5, 0.6) is 11.5 Å². The Morgan fingerprint density at radius 3 is 2.58 bits per heavy atom. The summed E-state index contributed by atoms with van der Waals surface area (Å²) in [6.45, 7) is 2.39. The Labute approximate surface area is 112 Å². The number of hydrogen-bond donors (Lipinski definition) is 0. The van der Waals surface area contributed by atoms with Gasteiger partial charge in [-0.15, -0.1) is 0 Å². The van der Waals surface area contributed by atoms with Crippen molar-refractivity contribution in [2.24, 2.45) is 0 Å². The quantitative estimate of drug-likeness (QED) is 0.841. The monoisotopic (exact) mass is 254 g/mol. The van der Waals surface area contributed by atoms with Crippen LogP contribution in [-0.4, -0.2) is 18.7 Å². The second-order valence-corrected chi connectivity index (χ2v) is 3.84. The fourth-order valence-electron chi connectivity index (χ4n) is 1.72. The zero-order valence-corrected chi connectivity index (χ0v) is 10.9. The summed E-state index contributed by atoms with van der Waals surface area (Å²) in [7, 11) is 1.62. The van der Waals surface area contributed by atoms with Gasteiger partial charge in [-0.05, 0) is 37.3 Å². The van der Waals surface area contributed by atoms with Gasteiger partial charge in [-0.2, -0.15) is 5.26 Å². The minimum absolute atomic E-state index is 0.489. The molecule has 0 unspecified atom stereocenters. The van der Waals surface area contributed by atoms with Crippen LogP contribution in [0.1, 0.15) is 12.5 Å². The van der Waals surface area contributed by atoms with Crippen molar-refractivity contribution in [1.29, 1.82) is 5.26 Å². The normalized spacial score (nSPS) is 9.74. The predicted molar refractivity (Wildman–Crippen MR) is 72.1 cm³/mol. The predicted octanol–water partition coefficient (Wildman–Crippen LogP) is 3.03. The molecule has 0 aliphatic rings. The van der Waals surface area contributed by atoms with Crippen LogP contribution in [-0.2, 0) is 0 Å². The van der Waals surface area contributed by atoms with Gasteiger partial charge in [0.1, 0.15) is 11.8 Å². The summed E-state index contributed by atoms with van der Waals surface area (Å²) in [4.78, 5) is 4.31. The maximum absolute atomic E-state index is 9.12. The Hall–Kier alpha value is -2.54. The molecule has 0 atom stereocenters. The number of ether oxygens (including phenoxy) is 2. The Kier molecular flexibility index (Phi) is 3.99. The lowest BCUT2D eigenvalue weighted by Gasteiger charge is -2.07. The maximum atomic E-state index is 9.12. The second kappa shape index (κ2) is 5.87. The SMILES string of the molecule is CCOc1cnc(-c2ccc(OC)cc2)cc1C#N. The van der Waals surface area contributed by atoms with Crippen molar-refractivity contribution in [2.75, 3.05) is 13.7 Å². The average Bonchev–Trinajstić information content (AvgIpc) is 2.48. The molecule has 19 heavy (non-hydrogen) atoms. The molecule has 0 N–H and O–H groups in total. The van der Waals surface area contributed by atoms with Crippen LogP contribution in [0, 0.1) is 11.3 Å². The molecule has 96 valence electrons. The molecule has 0 aliphatic carbocycles. The van der Waals surface area contributed by atoms with Crippen LogP contribution in [0.4, 0.5) is 0 Å². The third-order valence-electron chi connectivity index (χ3n) is 2.67. The fraction of sp³-hybridized carbons (Fsp3) is 0.200. The van der Waals surface area contributed by atoms with Gasteiger partial charge in [-0.3, -0.25) is 4.98 Å². The Balaban J connectivity index is 2.37. The summed E-state index contributed by atoms with van der Waals surface area (Å²) >= 11 is 0. The van der Waals surface area contributed by atoms with Crippen molar-refractivity contribution in [3.8, 4) is 28.8 Å². The zero-order chi connectivity index (χ0) is 13.7. The van der Waals surface area contributed by atoms with E-state index in [9.17, 15) is 0 Å². The van der Waals surface area contributed by atoms with Gasteiger partial charge in [0.15, 0.2) is 5.75 Å². The van der Waals surface area contributed by atoms with Crippen molar-refractivity contribution < 1.29 is 9.47 Å². The lowest BCUT2D eigenvalue weighted by molar-refractivity contribution is 0.338. The number of pyridine rings is 1. The number of rotatable bonds is 4. The largest absolute Gasteiger partial charge is 0.497 e. The summed E-state index contributed by atoms with van der Waals surface area (Å²) in [5, 5.41) is 9.12. The van der Waals surface area contributed by atoms with E-state index < -0.39 is 0 Å². The van der Waals surface area contributed by atoms with Gasteiger partial charge < -0.3 is 9.47 Å². The van der Waals surface area contributed by atoms with Crippen molar-refractivity contribution in [2.45, 2.75) is 6.92 Å². The highest BCUT2D eigenvalue weighted by Crippen LogP contribution is 2.25. The summed E-state index contributed by atoms with van der Waals surface area (Å²) in [6.07, 6.45) is 1.58. The van der Waals surface area contributed by atoms with Crippen molar-refractivity contribution in [3.05, 3.63) is 42.1 Å². The van der Waals surface area contributed by atoms with E-state index in [1.807, 2.05) is 31.2 Å². The summed E-state index contributed by atoms with van der Waals surface area (Å²) in [5.74, 6) is 1.30. The van der Waals surface area contributed by atoms with Gasteiger partial charge in [0.25, 0.3) is 0 Å². The molecule has 4 nitrogen and oxygen atoms in total. The van der Waals surface area contributed by atoms with E-state index in [1.165, 1.54) is 0 Å².